The summed E-state index contributed by atoms with van der Waals surface area (Å²) in [5.74, 6) is 6.70. The Morgan fingerprint density at radius 3 is 2.71 bits per heavy atom. The van der Waals surface area contributed by atoms with Crippen LogP contribution in [-0.4, -0.2) is 17.1 Å². The fourth-order valence-electron chi connectivity index (χ4n) is 2.33. The van der Waals surface area contributed by atoms with Crippen molar-refractivity contribution in [3.8, 4) is 11.4 Å². The van der Waals surface area contributed by atoms with Crippen LogP contribution in [0, 0.1) is 0 Å². The minimum absolute atomic E-state index is 0.412. The Morgan fingerprint density at radius 2 is 1.90 bits per heavy atom. The number of anilines is 1. The van der Waals surface area contributed by atoms with Gasteiger partial charge in [0, 0.05) is 18.7 Å². The molecule has 1 heterocycles. The molecule has 21 heavy (non-hydrogen) atoms. The third-order valence-electron chi connectivity index (χ3n) is 3.25. The molecule has 0 amide bonds. The van der Waals surface area contributed by atoms with Crippen molar-refractivity contribution in [1.29, 1.82) is 0 Å². The van der Waals surface area contributed by atoms with Crippen molar-refractivity contribution in [2.45, 2.75) is 6.61 Å². The molecule has 0 unspecified atom stereocenters. The van der Waals surface area contributed by atoms with Gasteiger partial charge in [-0.25, -0.2) is 15.8 Å². The topological polar surface area (TPSA) is 73.1 Å². The number of nitrogens with one attached hydrogen (secondary N) is 1. The van der Waals surface area contributed by atoms with E-state index in [1.807, 2.05) is 24.3 Å². The predicted molar refractivity (Wildman–Crippen MR) is 83.5 cm³/mol. The van der Waals surface area contributed by atoms with Crippen molar-refractivity contribution in [1.82, 2.24) is 9.97 Å². The van der Waals surface area contributed by atoms with Crippen LogP contribution >= 0.6 is 0 Å². The number of hydrogen-bond acceptors (Lipinski definition) is 5. The van der Waals surface area contributed by atoms with E-state index >= 15 is 0 Å². The van der Waals surface area contributed by atoms with Gasteiger partial charge in [-0.2, -0.15) is 0 Å². The van der Waals surface area contributed by atoms with Crippen LogP contribution < -0.4 is 11.3 Å². The molecule has 0 atom stereocenters. The minimum Gasteiger partial charge on any atom is -0.378 e. The summed E-state index contributed by atoms with van der Waals surface area (Å²) in [5, 5.41) is 2.26. The smallest absolute Gasteiger partial charge is 0.162 e. The summed E-state index contributed by atoms with van der Waals surface area (Å²) in [6.45, 7) is 0.412. The maximum absolute atomic E-state index is 5.49. The van der Waals surface area contributed by atoms with Gasteiger partial charge >= 0.3 is 0 Å². The Morgan fingerprint density at radius 1 is 1.10 bits per heavy atom. The Balaban J connectivity index is 2.20. The van der Waals surface area contributed by atoms with Crippen molar-refractivity contribution in [2.75, 3.05) is 12.5 Å². The number of fused-ring (bicyclic) bond motifs is 1. The number of rotatable bonds is 4. The largest absolute Gasteiger partial charge is 0.378 e. The Kier molecular flexibility index (Phi) is 3.77. The lowest BCUT2D eigenvalue weighted by Gasteiger charge is -2.09. The Bertz CT molecular complexity index is 768. The van der Waals surface area contributed by atoms with Crippen molar-refractivity contribution < 1.29 is 4.74 Å². The molecule has 0 radical (unpaired) electrons. The highest BCUT2D eigenvalue weighted by atomic mass is 16.5. The zero-order valence-corrected chi connectivity index (χ0v) is 11.7. The number of methoxy groups -OCH3 is 1. The second-order valence-corrected chi connectivity index (χ2v) is 4.67. The molecule has 1 aromatic heterocycles. The molecular weight excluding hydrogens is 264 g/mol. The fourth-order valence-corrected chi connectivity index (χ4v) is 2.33. The number of benzene rings is 2. The van der Waals surface area contributed by atoms with Crippen LogP contribution in [0.2, 0.25) is 0 Å². The second kappa shape index (κ2) is 5.87. The lowest BCUT2D eigenvalue weighted by Crippen LogP contribution is -2.11. The number of aromatic nitrogens is 2. The molecule has 3 N–H and O–H groups in total. The van der Waals surface area contributed by atoms with E-state index in [1.165, 1.54) is 0 Å². The van der Waals surface area contributed by atoms with Gasteiger partial charge in [-0.1, -0.05) is 42.5 Å². The molecule has 2 aromatic carbocycles. The summed E-state index contributed by atoms with van der Waals surface area (Å²) in [5.41, 5.74) is 4.33. The van der Waals surface area contributed by atoms with Crippen LogP contribution in [0.15, 0.2) is 48.5 Å². The molecule has 0 aliphatic rings. The van der Waals surface area contributed by atoms with Crippen molar-refractivity contribution in [3.05, 3.63) is 54.2 Å². The molecule has 106 valence electrons. The number of nitrogen functional groups attached to an aromatic ring is 1. The molecule has 0 fully saturated rings. The van der Waals surface area contributed by atoms with Gasteiger partial charge < -0.3 is 10.2 Å². The van der Waals surface area contributed by atoms with Crippen molar-refractivity contribution >= 4 is 16.6 Å². The van der Waals surface area contributed by atoms with Crippen LogP contribution in [0.4, 0.5) is 5.82 Å². The van der Waals surface area contributed by atoms with Gasteiger partial charge in [0.1, 0.15) is 5.82 Å². The average molecular weight is 280 g/mol. The zero-order chi connectivity index (χ0) is 14.7. The summed E-state index contributed by atoms with van der Waals surface area (Å²) < 4.78 is 5.15. The molecule has 3 rings (SSSR count). The molecule has 0 spiro atoms. The van der Waals surface area contributed by atoms with Gasteiger partial charge in [-0.05, 0) is 10.8 Å². The highest BCUT2D eigenvalue weighted by Crippen LogP contribution is 2.27. The van der Waals surface area contributed by atoms with E-state index in [0.717, 1.165) is 22.0 Å². The summed E-state index contributed by atoms with van der Waals surface area (Å²) in [4.78, 5) is 9.01. The van der Waals surface area contributed by atoms with Crippen LogP contribution in [0.5, 0.6) is 0 Å². The normalized spacial score (nSPS) is 10.8. The Labute approximate surface area is 122 Å². The van der Waals surface area contributed by atoms with Crippen LogP contribution in [0.1, 0.15) is 5.69 Å². The number of hydrazine groups is 1. The second-order valence-electron chi connectivity index (χ2n) is 4.67. The fraction of sp³-hybridized carbons (Fsp3) is 0.125. The van der Waals surface area contributed by atoms with Crippen molar-refractivity contribution in [2.24, 2.45) is 5.84 Å². The number of nitrogens with zero attached hydrogens (tertiary/aromatic N) is 2. The molecule has 0 aliphatic heterocycles. The zero-order valence-electron chi connectivity index (χ0n) is 11.7. The minimum atomic E-state index is 0.412. The van der Waals surface area contributed by atoms with Gasteiger partial charge in [0.15, 0.2) is 5.82 Å². The first-order valence-electron chi connectivity index (χ1n) is 6.63. The molecule has 3 aromatic rings. The Hall–Kier alpha value is -2.50. The van der Waals surface area contributed by atoms with E-state index in [9.17, 15) is 0 Å². The maximum Gasteiger partial charge on any atom is 0.162 e. The highest BCUT2D eigenvalue weighted by molar-refractivity contribution is 5.95. The van der Waals surface area contributed by atoms with Crippen LogP contribution in [0.3, 0.4) is 0 Å². The molecular formula is C16H16N4O. The first kappa shape index (κ1) is 13.5. The maximum atomic E-state index is 5.49. The standard InChI is InChI=1S/C16H16N4O/c1-21-10-12-9-15(20-17)19-16(18-12)14-8-4-6-11-5-2-3-7-13(11)14/h2-9H,10,17H2,1H3,(H,18,19,20). The molecule has 5 nitrogen and oxygen atoms in total. The molecule has 5 heteroatoms. The number of nitrogens with two attached hydrogens (primary N) is 1. The van der Waals surface area contributed by atoms with E-state index in [-0.39, 0.29) is 0 Å². The molecule has 0 saturated carbocycles. The van der Waals surface area contributed by atoms with Gasteiger partial charge in [0.05, 0.1) is 12.3 Å². The van der Waals surface area contributed by atoms with E-state index in [4.69, 9.17) is 10.6 Å². The van der Waals surface area contributed by atoms with E-state index in [1.54, 1.807) is 13.2 Å². The van der Waals surface area contributed by atoms with Crippen molar-refractivity contribution in [3.63, 3.8) is 0 Å². The van der Waals surface area contributed by atoms with Crippen LogP contribution in [-0.2, 0) is 11.3 Å². The third-order valence-corrected chi connectivity index (χ3v) is 3.25. The lowest BCUT2D eigenvalue weighted by atomic mass is 10.0. The quantitative estimate of drug-likeness (QED) is 0.568. The van der Waals surface area contributed by atoms with Crippen LogP contribution in [0.25, 0.3) is 22.2 Å². The SMILES string of the molecule is COCc1cc(NN)nc(-c2cccc3ccccc23)n1. The van der Waals surface area contributed by atoms with Gasteiger partial charge in [0.25, 0.3) is 0 Å². The summed E-state index contributed by atoms with van der Waals surface area (Å²) >= 11 is 0. The summed E-state index contributed by atoms with van der Waals surface area (Å²) in [6, 6.07) is 16.0. The molecule has 0 saturated heterocycles. The van der Waals surface area contributed by atoms with E-state index in [2.05, 4.69) is 33.6 Å². The number of ether oxygens (including phenoxy) is 1. The monoisotopic (exact) mass is 280 g/mol. The molecule has 0 aliphatic carbocycles. The predicted octanol–water partition coefficient (Wildman–Crippen LogP) is 2.73. The van der Waals surface area contributed by atoms with E-state index in [0.29, 0.717) is 18.2 Å². The summed E-state index contributed by atoms with van der Waals surface area (Å²) in [7, 11) is 1.63. The van der Waals surface area contributed by atoms with E-state index < -0.39 is 0 Å². The third kappa shape index (κ3) is 2.69. The highest BCUT2D eigenvalue weighted by Gasteiger charge is 2.09. The molecule has 0 bridgehead atoms. The van der Waals surface area contributed by atoms with Gasteiger partial charge in [-0.15, -0.1) is 0 Å². The first-order valence-corrected chi connectivity index (χ1v) is 6.63. The first-order chi connectivity index (χ1) is 10.3. The van der Waals surface area contributed by atoms with Gasteiger partial charge in [-0.3, -0.25) is 0 Å². The number of hydrogen-bond donors (Lipinski definition) is 2. The van der Waals surface area contributed by atoms with Gasteiger partial charge in [0.2, 0.25) is 0 Å². The average Bonchev–Trinajstić information content (AvgIpc) is 2.54. The lowest BCUT2D eigenvalue weighted by molar-refractivity contribution is 0.181. The summed E-state index contributed by atoms with van der Waals surface area (Å²) in [6.07, 6.45) is 0.